The highest BCUT2D eigenvalue weighted by Crippen LogP contribution is 2.44. The molecule has 1 heterocycles. The molecule has 1 aliphatic heterocycles. The fourth-order valence-electron chi connectivity index (χ4n) is 5.31. The number of benzene rings is 3. The summed E-state index contributed by atoms with van der Waals surface area (Å²) >= 11 is 0. The first kappa shape index (κ1) is 26.3. The van der Waals surface area contributed by atoms with Gasteiger partial charge in [0.05, 0.1) is 6.54 Å². The number of ether oxygens (including phenoxy) is 1. The molecule has 0 bridgehead atoms. The molecule has 1 amide bonds. The number of halogens is 1. The summed E-state index contributed by atoms with van der Waals surface area (Å²) in [4.78, 5) is 19.3. The zero-order chi connectivity index (χ0) is 27.6. The van der Waals surface area contributed by atoms with Crippen LogP contribution in [-0.4, -0.2) is 52.2 Å². The van der Waals surface area contributed by atoms with Gasteiger partial charge in [-0.2, -0.15) is 8.42 Å². The number of hydrogen-bond donors (Lipinski definition) is 0. The number of anilines is 1. The van der Waals surface area contributed by atoms with E-state index in [9.17, 15) is 17.1 Å². The van der Waals surface area contributed by atoms with Crippen molar-refractivity contribution in [1.82, 2.24) is 4.90 Å². The van der Waals surface area contributed by atoms with Crippen molar-refractivity contribution in [2.45, 2.75) is 19.4 Å². The number of nitrogens with zero attached hydrogens (tertiary/aromatic N) is 5. The van der Waals surface area contributed by atoms with Crippen LogP contribution in [0.4, 0.5) is 14.4 Å². The maximum Gasteiger partial charge on any atom is 0.488 e. The normalized spacial score (nSPS) is 14.8. The Balaban J connectivity index is 1.26. The molecule has 0 unspecified atom stereocenters. The van der Waals surface area contributed by atoms with Crippen molar-refractivity contribution in [3.05, 3.63) is 93.4 Å². The summed E-state index contributed by atoms with van der Waals surface area (Å²) in [5, 5.41) is 3.54. The molecule has 1 fully saturated rings. The Morgan fingerprint density at radius 3 is 2.26 bits per heavy atom. The minimum atomic E-state index is -5.24. The number of hydrogen-bond acceptors (Lipinski definition) is 7. The first-order chi connectivity index (χ1) is 18.7. The second-order valence-electron chi connectivity index (χ2n) is 9.37. The van der Waals surface area contributed by atoms with Crippen LogP contribution in [0.2, 0.25) is 0 Å². The van der Waals surface area contributed by atoms with Gasteiger partial charge in [0.25, 0.3) is 0 Å². The van der Waals surface area contributed by atoms with Crippen LogP contribution in [0.1, 0.15) is 28.2 Å². The van der Waals surface area contributed by atoms with E-state index in [1.54, 1.807) is 11.8 Å². The average Bonchev–Trinajstić information content (AvgIpc) is 3.24. The lowest BCUT2D eigenvalue weighted by atomic mass is 9.98. The molecule has 0 atom stereocenters. The summed E-state index contributed by atoms with van der Waals surface area (Å²) in [6.45, 7) is 3.56. The molecule has 1 saturated heterocycles. The fraction of sp³-hybridized carbons (Fsp3) is 0.296. The third kappa shape index (κ3) is 5.62. The first-order valence-corrected chi connectivity index (χ1v) is 13.7. The standard InChI is InChI=1S/C27H26FN5O5S/c1-18-19(16-30-31-29)14-20(38-39(28,35)36)15-26(18)32-10-12-33(13-11-32)27(34)37-17-25-23-8-4-2-6-21(23)22-7-3-5-9-24(22)25/h2-9,14-15,25H,10-13,16-17H2,1H3. The Morgan fingerprint density at radius 2 is 1.67 bits per heavy atom. The maximum absolute atomic E-state index is 13.2. The summed E-state index contributed by atoms with van der Waals surface area (Å²) in [5.74, 6) is -0.255. The van der Waals surface area contributed by atoms with E-state index in [0.29, 0.717) is 37.4 Å². The molecule has 0 spiro atoms. The van der Waals surface area contributed by atoms with Crippen molar-refractivity contribution >= 4 is 22.3 Å². The van der Waals surface area contributed by atoms with Gasteiger partial charge in [0.15, 0.2) is 0 Å². The Bertz CT molecular complexity index is 1520. The minimum Gasteiger partial charge on any atom is -0.448 e. The number of carbonyl (C=O) groups excluding carboxylic acids is 1. The summed E-state index contributed by atoms with van der Waals surface area (Å²) in [5.41, 5.74) is 15.1. The molecule has 1 aliphatic carbocycles. The molecule has 3 aromatic rings. The van der Waals surface area contributed by atoms with Crippen LogP contribution in [-0.2, 0) is 21.8 Å². The molecule has 0 N–H and O–H groups in total. The lowest BCUT2D eigenvalue weighted by Gasteiger charge is -2.36. The van der Waals surface area contributed by atoms with Gasteiger partial charge in [-0.3, -0.25) is 0 Å². The molecule has 2 aliphatic rings. The van der Waals surface area contributed by atoms with Crippen molar-refractivity contribution in [2.24, 2.45) is 5.11 Å². The third-order valence-electron chi connectivity index (χ3n) is 7.18. The topological polar surface area (TPSA) is 125 Å². The van der Waals surface area contributed by atoms with Gasteiger partial charge in [-0.1, -0.05) is 57.5 Å². The van der Waals surface area contributed by atoms with E-state index in [1.165, 1.54) is 12.1 Å². The second kappa shape index (κ2) is 10.8. The van der Waals surface area contributed by atoms with Crippen LogP contribution >= 0.6 is 0 Å². The van der Waals surface area contributed by atoms with Gasteiger partial charge in [-0.25, -0.2) is 4.79 Å². The van der Waals surface area contributed by atoms with Crippen LogP contribution in [0.5, 0.6) is 5.75 Å². The quantitative estimate of drug-likeness (QED) is 0.166. The molecule has 12 heteroatoms. The summed E-state index contributed by atoms with van der Waals surface area (Å²) in [6, 6.07) is 19.0. The highest BCUT2D eigenvalue weighted by molar-refractivity contribution is 7.81. The molecule has 202 valence electrons. The van der Waals surface area contributed by atoms with E-state index >= 15 is 0 Å². The van der Waals surface area contributed by atoms with Crippen LogP contribution in [0.25, 0.3) is 21.6 Å². The zero-order valence-corrected chi connectivity index (χ0v) is 22.0. The molecule has 39 heavy (non-hydrogen) atoms. The van der Waals surface area contributed by atoms with E-state index in [2.05, 4.69) is 38.5 Å². The van der Waals surface area contributed by atoms with Crippen LogP contribution in [0, 0.1) is 6.92 Å². The Morgan fingerprint density at radius 1 is 1.05 bits per heavy atom. The second-order valence-corrected chi connectivity index (χ2v) is 10.3. The van der Waals surface area contributed by atoms with Crippen molar-refractivity contribution in [3.8, 4) is 16.9 Å². The van der Waals surface area contributed by atoms with E-state index in [4.69, 9.17) is 10.3 Å². The van der Waals surface area contributed by atoms with Gasteiger partial charge in [-0.05, 0) is 51.9 Å². The largest absolute Gasteiger partial charge is 0.488 e. The number of piperazine rings is 1. The zero-order valence-electron chi connectivity index (χ0n) is 21.2. The van der Waals surface area contributed by atoms with E-state index in [0.717, 1.165) is 27.8 Å². The number of amides is 1. The molecule has 0 aromatic heterocycles. The fourth-order valence-corrected chi connectivity index (χ4v) is 5.63. The number of azide groups is 1. The van der Waals surface area contributed by atoms with Crippen molar-refractivity contribution in [2.75, 3.05) is 37.7 Å². The summed E-state index contributed by atoms with van der Waals surface area (Å²) < 4.78 is 45.6. The molecular formula is C27H26FN5O5S. The van der Waals surface area contributed by atoms with E-state index in [-0.39, 0.29) is 24.8 Å². The summed E-state index contributed by atoms with van der Waals surface area (Å²) in [7, 11) is -5.24. The number of fused-ring (bicyclic) bond motifs is 3. The summed E-state index contributed by atoms with van der Waals surface area (Å²) in [6.07, 6.45) is -0.405. The highest BCUT2D eigenvalue weighted by Gasteiger charge is 2.31. The SMILES string of the molecule is Cc1c(CN=[N+]=[N-])cc(OS(=O)(=O)F)cc1N1CCN(C(=O)OCC2c3ccccc3-c3ccccc32)CC1. The molecule has 0 radical (unpaired) electrons. The van der Waals surface area contributed by atoms with Crippen molar-refractivity contribution in [1.29, 1.82) is 0 Å². The Hall–Kier alpha value is -4.28. The molecule has 5 rings (SSSR count). The van der Waals surface area contributed by atoms with Crippen LogP contribution in [0.3, 0.4) is 0 Å². The van der Waals surface area contributed by atoms with Crippen molar-refractivity contribution < 1.29 is 26.0 Å². The molecule has 10 nitrogen and oxygen atoms in total. The van der Waals surface area contributed by atoms with Gasteiger partial charge in [-0.15, -0.1) is 0 Å². The third-order valence-corrected chi connectivity index (χ3v) is 7.57. The monoisotopic (exact) mass is 551 g/mol. The lowest BCUT2D eigenvalue weighted by molar-refractivity contribution is 0.0976. The smallest absolute Gasteiger partial charge is 0.448 e. The van der Waals surface area contributed by atoms with Gasteiger partial charge in [0.1, 0.15) is 12.4 Å². The first-order valence-electron chi connectivity index (χ1n) is 12.4. The average molecular weight is 552 g/mol. The number of rotatable bonds is 7. The predicted molar refractivity (Wildman–Crippen MR) is 144 cm³/mol. The number of carbonyl (C=O) groups is 1. The van der Waals surface area contributed by atoms with Gasteiger partial charge < -0.3 is 18.7 Å². The Labute approximate surface area is 225 Å². The minimum absolute atomic E-state index is 0.0331. The maximum atomic E-state index is 13.2. The highest BCUT2D eigenvalue weighted by atomic mass is 32.3. The Kier molecular flexibility index (Phi) is 7.32. The van der Waals surface area contributed by atoms with E-state index < -0.39 is 16.6 Å². The van der Waals surface area contributed by atoms with Crippen molar-refractivity contribution in [3.63, 3.8) is 0 Å². The lowest BCUT2D eigenvalue weighted by Crippen LogP contribution is -2.49. The molecule has 0 saturated carbocycles. The van der Waals surface area contributed by atoms with Crippen LogP contribution < -0.4 is 9.08 Å². The molecule has 3 aromatic carbocycles. The van der Waals surface area contributed by atoms with Gasteiger partial charge in [0, 0.05) is 48.8 Å². The van der Waals surface area contributed by atoms with E-state index in [1.807, 2.05) is 29.2 Å². The molecular weight excluding hydrogens is 525 g/mol. The van der Waals surface area contributed by atoms with Gasteiger partial charge in [0.2, 0.25) is 0 Å². The van der Waals surface area contributed by atoms with Crippen LogP contribution in [0.15, 0.2) is 65.8 Å². The predicted octanol–water partition coefficient (Wildman–Crippen LogP) is 5.47. The van der Waals surface area contributed by atoms with Gasteiger partial charge >= 0.3 is 16.6 Å².